The van der Waals surface area contributed by atoms with Gasteiger partial charge < -0.3 is 69.5 Å². The number of ether oxygens (including phenoxy) is 2. The molecule has 0 aromatic heterocycles. The predicted octanol–water partition coefficient (Wildman–Crippen LogP) is -6.33. The van der Waals surface area contributed by atoms with Crippen LogP contribution in [0.2, 0.25) is 12.6 Å². The molecule has 2 aromatic carbocycles. The summed E-state index contributed by atoms with van der Waals surface area (Å²) in [7, 11) is 0. The van der Waals surface area contributed by atoms with Crippen molar-refractivity contribution in [1.82, 2.24) is 20.4 Å². The number of carbonyl (C=O) groups excluding carboxylic acids is 2. The number of piperidine rings is 2. The van der Waals surface area contributed by atoms with E-state index in [2.05, 4.69) is 10.6 Å². The average Bonchev–Trinajstić information content (AvgIpc) is 3.13. The van der Waals surface area contributed by atoms with E-state index in [1.54, 1.807) is 34.1 Å². The first-order chi connectivity index (χ1) is 26.7. The molecule has 0 aliphatic carbocycles. The number of likely N-dealkylation sites (tertiary alicyclic amines) is 2. The Bertz CT molecular complexity index is 1720. The number of carboxylic acid groups (broad SMARTS) is 2. The van der Waals surface area contributed by atoms with E-state index < -0.39 is 25.4 Å². The van der Waals surface area contributed by atoms with Crippen molar-refractivity contribution in [2.45, 2.75) is 63.4 Å². The van der Waals surface area contributed by atoms with E-state index in [-0.39, 0.29) is 142 Å². The van der Waals surface area contributed by atoms with Crippen molar-refractivity contribution in [1.29, 1.82) is 0 Å². The number of rotatable bonds is 8. The molecule has 6 aliphatic heterocycles. The van der Waals surface area contributed by atoms with Crippen LogP contribution >= 0.6 is 0 Å². The number of hydrogen-bond donors (Lipinski definition) is 8. The fraction of sp³-hybridized carbons (Fsp3) is 0.556. The van der Waals surface area contributed by atoms with E-state index in [1.165, 1.54) is 0 Å². The molecule has 2 unspecified atom stereocenters. The van der Waals surface area contributed by atoms with Crippen molar-refractivity contribution in [3.63, 3.8) is 0 Å². The third kappa shape index (κ3) is 10.6. The number of aryl methyl sites for hydroxylation is 2. The zero-order chi connectivity index (χ0) is 39.8. The van der Waals surface area contributed by atoms with Gasteiger partial charge >= 0.3 is 84.6 Å². The largest absolute Gasteiger partial charge is 1.00 e. The van der Waals surface area contributed by atoms with E-state index in [9.17, 15) is 49.5 Å². The van der Waals surface area contributed by atoms with Gasteiger partial charge in [0.15, 0.2) is 0 Å². The molecule has 58 heavy (non-hydrogen) atoms. The fourth-order valence-electron chi connectivity index (χ4n) is 8.05. The van der Waals surface area contributed by atoms with Gasteiger partial charge in [0.1, 0.15) is 34.8 Å². The van der Waals surface area contributed by atoms with Crippen LogP contribution in [0.1, 0.15) is 57.5 Å². The third-order valence-corrected chi connectivity index (χ3v) is 11.2. The second-order valence-electron chi connectivity index (χ2n) is 15.5. The van der Waals surface area contributed by atoms with Crippen molar-refractivity contribution in [2.24, 2.45) is 11.8 Å². The van der Waals surface area contributed by atoms with Crippen LogP contribution in [0.15, 0.2) is 24.3 Å². The van der Waals surface area contributed by atoms with Crippen molar-refractivity contribution < 1.29 is 127 Å². The maximum atomic E-state index is 12.5. The first-order valence-electron chi connectivity index (χ1n) is 19.4. The summed E-state index contributed by atoms with van der Waals surface area (Å²) in [5, 5.41) is 64.9. The summed E-state index contributed by atoms with van der Waals surface area (Å²) in [4.78, 5) is 52.0. The molecule has 304 valence electrons. The molecule has 4 fully saturated rings. The Labute approximate surface area is 379 Å². The molecule has 8 rings (SSSR count). The molecular weight excluding hydrogens is 780 g/mol. The van der Waals surface area contributed by atoms with Gasteiger partial charge in [-0.3, -0.25) is 9.59 Å². The van der Waals surface area contributed by atoms with Gasteiger partial charge in [0.2, 0.25) is 11.8 Å². The van der Waals surface area contributed by atoms with E-state index in [0.717, 1.165) is 38.8 Å². The number of carboxylic acids is 2. The molecule has 0 bridgehead atoms. The van der Waals surface area contributed by atoms with E-state index >= 15 is 0 Å². The molecule has 18 nitrogen and oxygen atoms in total. The minimum absolute atomic E-state index is 0. The van der Waals surface area contributed by atoms with E-state index in [1.807, 2.05) is 0 Å². The standard InChI is InChI=1S/2C18H24BN2O7.2Na/c2*22-17(12-2-1-7-20-8-12)21-9-13(10-21)27-14-4-3-11-5-6-19(25,26)28-16(11)15(14)18(23)24;;/h2*3-4,12-13,20,25-26H,1-2,5-10H2,(H,23,24);;/q2*-1;2*+1. The Kier molecular flexibility index (Phi) is 15.6. The van der Waals surface area contributed by atoms with Crippen LogP contribution in [-0.4, -0.2) is 142 Å². The number of carbonyl (C=O) groups is 4. The molecule has 6 aliphatic rings. The summed E-state index contributed by atoms with van der Waals surface area (Å²) in [6.07, 6.45) is 3.77. The van der Waals surface area contributed by atoms with Crippen LogP contribution < -0.4 is 88.5 Å². The van der Waals surface area contributed by atoms with Gasteiger partial charge in [0, 0.05) is 13.1 Å². The van der Waals surface area contributed by atoms with Crippen LogP contribution in [0, 0.1) is 11.8 Å². The predicted molar refractivity (Wildman–Crippen MR) is 199 cm³/mol. The second-order valence-corrected chi connectivity index (χ2v) is 15.5. The molecule has 2 aromatic rings. The zero-order valence-electron chi connectivity index (χ0n) is 32.9. The number of nitrogens with zero attached hydrogens (tertiary/aromatic N) is 2. The number of amides is 2. The molecule has 4 saturated heterocycles. The van der Waals surface area contributed by atoms with Gasteiger partial charge in [-0.2, -0.15) is 0 Å². The minimum atomic E-state index is -3.07. The Morgan fingerprint density at radius 3 is 1.34 bits per heavy atom. The summed E-state index contributed by atoms with van der Waals surface area (Å²) < 4.78 is 22.0. The summed E-state index contributed by atoms with van der Waals surface area (Å²) >= 11 is 0. The summed E-state index contributed by atoms with van der Waals surface area (Å²) in [5.41, 5.74) is 0.765. The van der Waals surface area contributed by atoms with Gasteiger partial charge in [-0.15, -0.1) is 0 Å². The molecule has 0 saturated carbocycles. The van der Waals surface area contributed by atoms with Gasteiger partial charge in [-0.1, -0.05) is 24.8 Å². The maximum Gasteiger partial charge on any atom is 1.00 e. The monoisotopic (exact) mass is 828 g/mol. The number of fused-ring (bicyclic) bond motifs is 2. The summed E-state index contributed by atoms with van der Waals surface area (Å²) in [6.45, 7) is -1.27. The first kappa shape index (κ1) is 46.5. The topological polar surface area (TPSA) is 257 Å². The second kappa shape index (κ2) is 19.4. The normalized spacial score (nSPS) is 23.1. The average molecular weight is 828 g/mol. The molecule has 0 spiro atoms. The minimum Gasteiger partial charge on any atom is -0.669 e. The number of benzene rings is 2. The Hall–Kier alpha value is -2.59. The number of nitrogens with one attached hydrogen (secondary N) is 2. The van der Waals surface area contributed by atoms with E-state index in [4.69, 9.17) is 18.8 Å². The van der Waals surface area contributed by atoms with Crippen LogP contribution in [0.25, 0.3) is 0 Å². The van der Waals surface area contributed by atoms with Crippen molar-refractivity contribution in [3.8, 4) is 23.0 Å². The number of aromatic carboxylic acids is 2. The van der Waals surface area contributed by atoms with E-state index in [0.29, 0.717) is 63.2 Å². The van der Waals surface area contributed by atoms with Crippen molar-refractivity contribution >= 4 is 37.3 Å². The summed E-state index contributed by atoms with van der Waals surface area (Å²) in [5.74, 6) is -2.23. The Morgan fingerprint density at radius 1 is 0.638 bits per heavy atom. The zero-order valence-corrected chi connectivity index (χ0v) is 36.9. The van der Waals surface area contributed by atoms with Crippen LogP contribution in [-0.2, 0) is 22.4 Å². The Morgan fingerprint density at radius 2 is 1.02 bits per heavy atom. The van der Waals surface area contributed by atoms with Crippen LogP contribution in [0.5, 0.6) is 23.0 Å². The van der Waals surface area contributed by atoms with Gasteiger partial charge in [0.05, 0.1) is 49.5 Å². The molecule has 22 heteroatoms. The molecule has 8 N–H and O–H groups in total. The van der Waals surface area contributed by atoms with Crippen LogP contribution in [0.4, 0.5) is 0 Å². The number of hydrogen-bond acceptors (Lipinski definition) is 14. The SMILES string of the molecule is O=C(O)c1c(OC2CN(C(=O)C3CCCNC3)C2)ccc2c1O[B-](O)(O)CC2.O=C(O)c1c(OC2CN(C(=O)C3CCCNC3)C2)ccc2c1O[B-](O)(O)CC2.[Na+].[Na+]. The quantitative estimate of drug-likeness (QED) is 0.115. The van der Waals surface area contributed by atoms with Crippen LogP contribution in [0.3, 0.4) is 0 Å². The first-order valence-corrected chi connectivity index (χ1v) is 19.4. The van der Waals surface area contributed by atoms with Crippen molar-refractivity contribution in [2.75, 3.05) is 52.4 Å². The molecule has 2 amide bonds. The molecular formula is C36H48B2N4Na2O14. The molecule has 0 radical (unpaired) electrons. The maximum absolute atomic E-state index is 12.5. The Balaban J connectivity index is 0.000000214. The fourth-order valence-corrected chi connectivity index (χ4v) is 8.05. The smallest absolute Gasteiger partial charge is 0.669 e. The molecule has 6 heterocycles. The van der Waals surface area contributed by atoms with Gasteiger partial charge in [-0.05, 0) is 74.9 Å². The van der Waals surface area contributed by atoms with Crippen molar-refractivity contribution in [3.05, 3.63) is 46.5 Å². The van der Waals surface area contributed by atoms with Gasteiger partial charge in [-0.25, -0.2) is 9.59 Å². The van der Waals surface area contributed by atoms with Gasteiger partial charge in [0.25, 0.3) is 0 Å². The third-order valence-electron chi connectivity index (χ3n) is 11.2. The molecule has 2 atom stereocenters. The summed E-state index contributed by atoms with van der Waals surface area (Å²) in [6, 6.07) is 6.49.